The molecule has 5 heteroatoms. The molecule has 0 heterocycles. The van der Waals surface area contributed by atoms with Gasteiger partial charge in [-0.05, 0) is 37.9 Å². The lowest BCUT2D eigenvalue weighted by molar-refractivity contribution is -0.0496. The highest BCUT2D eigenvalue weighted by Gasteiger charge is 2.39. The molecule has 1 aromatic carbocycles. The van der Waals surface area contributed by atoms with Gasteiger partial charge in [0.25, 0.3) is 0 Å². The Balaban J connectivity index is 2.29. The smallest absolute Gasteiger partial charge is 0.248 e. The van der Waals surface area contributed by atoms with E-state index < -0.39 is 5.92 Å². The van der Waals surface area contributed by atoms with Crippen molar-refractivity contribution >= 4 is 0 Å². The van der Waals surface area contributed by atoms with Crippen molar-refractivity contribution in [2.45, 2.75) is 37.6 Å². The van der Waals surface area contributed by atoms with E-state index in [9.17, 15) is 8.78 Å². The molecule has 0 radical (unpaired) electrons. The number of hydrogen-bond acceptors (Lipinski definition) is 3. The minimum absolute atomic E-state index is 0.0483. The second-order valence-electron chi connectivity index (χ2n) is 5.54. The van der Waals surface area contributed by atoms with Crippen molar-refractivity contribution < 1.29 is 18.3 Å². The normalized spacial score (nSPS) is 20.0. The van der Waals surface area contributed by atoms with E-state index in [1.54, 1.807) is 14.2 Å². The van der Waals surface area contributed by atoms with Crippen molar-refractivity contribution in [3.8, 4) is 11.5 Å². The highest BCUT2D eigenvalue weighted by molar-refractivity contribution is 5.47. The molecular formula is C16H23F2NO2. The highest BCUT2D eigenvalue weighted by atomic mass is 19.3. The van der Waals surface area contributed by atoms with Crippen LogP contribution in [0.4, 0.5) is 8.78 Å². The van der Waals surface area contributed by atoms with Gasteiger partial charge in [0.2, 0.25) is 5.92 Å². The second-order valence-corrected chi connectivity index (χ2v) is 5.54. The van der Waals surface area contributed by atoms with E-state index in [4.69, 9.17) is 9.47 Å². The lowest BCUT2D eigenvalue weighted by atomic mass is 9.79. The Hall–Kier alpha value is -1.36. The van der Waals surface area contributed by atoms with Crippen molar-refractivity contribution in [1.82, 2.24) is 5.32 Å². The molecule has 1 saturated carbocycles. The van der Waals surface area contributed by atoms with Crippen LogP contribution in [0.25, 0.3) is 0 Å². The number of nitrogens with one attached hydrogen (secondary N) is 1. The number of hydrogen-bond donors (Lipinski definition) is 1. The predicted octanol–water partition coefficient (Wildman–Crippen LogP) is 3.79. The van der Waals surface area contributed by atoms with Crippen molar-refractivity contribution in [2.75, 3.05) is 21.3 Å². The van der Waals surface area contributed by atoms with Gasteiger partial charge in [-0.3, -0.25) is 0 Å². The van der Waals surface area contributed by atoms with Crippen molar-refractivity contribution in [1.29, 1.82) is 0 Å². The molecular weight excluding hydrogens is 276 g/mol. The fraction of sp³-hybridized carbons (Fsp3) is 0.625. The summed E-state index contributed by atoms with van der Waals surface area (Å²) in [5, 5.41) is 3.26. The molecule has 1 aliphatic carbocycles. The molecule has 1 fully saturated rings. The number of alkyl halides is 2. The zero-order valence-electron chi connectivity index (χ0n) is 12.8. The maximum Gasteiger partial charge on any atom is 0.248 e. The third-order valence-electron chi connectivity index (χ3n) is 4.32. The summed E-state index contributed by atoms with van der Waals surface area (Å²) in [5.41, 5.74) is 0.917. The lowest BCUT2D eigenvalue weighted by Gasteiger charge is -2.34. The van der Waals surface area contributed by atoms with Gasteiger partial charge < -0.3 is 14.8 Å². The molecule has 21 heavy (non-hydrogen) atoms. The summed E-state index contributed by atoms with van der Waals surface area (Å²) in [4.78, 5) is 0. The van der Waals surface area contributed by atoms with E-state index in [0.717, 1.165) is 17.1 Å². The zero-order chi connectivity index (χ0) is 15.5. The van der Waals surface area contributed by atoms with E-state index in [2.05, 4.69) is 5.32 Å². The summed E-state index contributed by atoms with van der Waals surface area (Å²) >= 11 is 0. The first-order valence-corrected chi connectivity index (χ1v) is 7.28. The van der Waals surface area contributed by atoms with Crippen LogP contribution in [-0.4, -0.2) is 27.2 Å². The predicted molar refractivity (Wildman–Crippen MR) is 78.3 cm³/mol. The monoisotopic (exact) mass is 299 g/mol. The van der Waals surface area contributed by atoms with Crippen LogP contribution in [0.15, 0.2) is 18.2 Å². The Morgan fingerprint density at radius 3 is 2.10 bits per heavy atom. The van der Waals surface area contributed by atoms with Gasteiger partial charge in [0.1, 0.15) is 11.5 Å². The SMILES string of the molecule is CNC(c1c(OC)cccc1OC)C1CCC(F)(F)CC1. The molecule has 0 aliphatic heterocycles. The third-order valence-corrected chi connectivity index (χ3v) is 4.32. The summed E-state index contributed by atoms with van der Waals surface area (Å²) in [7, 11) is 5.07. The van der Waals surface area contributed by atoms with Crippen LogP contribution in [0.5, 0.6) is 11.5 Å². The molecule has 0 bridgehead atoms. The number of ether oxygens (including phenoxy) is 2. The first-order valence-electron chi connectivity index (χ1n) is 7.28. The fourth-order valence-electron chi connectivity index (χ4n) is 3.20. The maximum atomic E-state index is 13.4. The largest absolute Gasteiger partial charge is 0.496 e. The summed E-state index contributed by atoms with van der Waals surface area (Å²) in [6.07, 6.45) is 0.903. The molecule has 0 aromatic heterocycles. The standard InChI is InChI=1S/C16H23F2NO2/c1-19-15(11-7-9-16(17,18)10-8-11)14-12(20-2)5-4-6-13(14)21-3/h4-6,11,15,19H,7-10H2,1-3H3. The summed E-state index contributed by atoms with van der Waals surface area (Å²) in [5.74, 6) is -0.906. The Bertz CT molecular complexity index is 447. The Labute approximate surface area is 124 Å². The third kappa shape index (κ3) is 3.46. The molecule has 1 unspecified atom stereocenters. The van der Waals surface area contributed by atoms with Gasteiger partial charge in [-0.2, -0.15) is 0 Å². The summed E-state index contributed by atoms with van der Waals surface area (Å²) in [6.45, 7) is 0. The summed E-state index contributed by atoms with van der Waals surface area (Å²) < 4.78 is 37.6. The van der Waals surface area contributed by atoms with E-state index in [1.807, 2.05) is 25.2 Å². The number of methoxy groups -OCH3 is 2. The Morgan fingerprint density at radius 1 is 1.14 bits per heavy atom. The van der Waals surface area contributed by atoms with Gasteiger partial charge >= 0.3 is 0 Å². The van der Waals surface area contributed by atoms with Crippen molar-refractivity contribution in [2.24, 2.45) is 5.92 Å². The lowest BCUT2D eigenvalue weighted by Crippen LogP contribution is -2.33. The van der Waals surface area contributed by atoms with Crippen molar-refractivity contribution in [3.05, 3.63) is 23.8 Å². The van der Waals surface area contributed by atoms with Crippen molar-refractivity contribution in [3.63, 3.8) is 0 Å². The van der Waals surface area contributed by atoms with Gasteiger partial charge in [-0.15, -0.1) is 0 Å². The maximum absolute atomic E-state index is 13.4. The van der Waals surface area contributed by atoms with Gasteiger partial charge in [0.15, 0.2) is 0 Å². The van der Waals surface area contributed by atoms with E-state index in [-0.39, 0.29) is 24.8 Å². The zero-order valence-corrected chi connectivity index (χ0v) is 12.8. The molecule has 1 aliphatic rings. The van der Waals surface area contributed by atoms with Crippen LogP contribution < -0.4 is 14.8 Å². The van der Waals surface area contributed by atoms with Gasteiger partial charge in [-0.1, -0.05) is 6.07 Å². The molecule has 118 valence electrons. The number of halogens is 2. The van der Waals surface area contributed by atoms with Crippen LogP contribution in [0.2, 0.25) is 0 Å². The van der Waals surface area contributed by atoms with E-state index >= 15 is 0 Å². The molecule has 1 aromatic rings. The van der Waals surface area contributed by atoms with Crippen LogP contribution in [-0.2, 0) is 0 Å². The first-order chi connectivity index (χ1) is 10.0. The minimum Gasteiger partial charge on any atom is -0.496 e. The fourth-order valence-corrected chi connectivity index (χ4v) is 3.20. The Kier molecular flexibility index (Phi) is 5.04. The number of benzene rings is 1. The number of rotatable bonds is 5. The second kappa shape index (κ2) is 6.60. The topological polar surface area (TPSA) is 30.5 Å². The van der Waals surface area contributed by atoms with Gasteiger partial charge in [-0.25, -0.2) is 8.78 Å². The molecule has 0 spiro atoms. The molecule has 1 atom stereocenters. The van der Waals surface area contributed by atoms with Crippen LogP contribution in [0.1, 0.15) is 37.3 Å². The average molecular weight is 299 g/mol. The van der Waals surface area contributed by atoms with Gasteiger partial charge in [0.05, 0.1) is 19.8 Å². The molecule has 0 amide bonds. The summed E-state index contributed by atoms with van der Waals surface area (Å²) in [6, 6.07) is 5.56. The molecule has 0 saturated heterocycles. The first kappa shape index (κ1) is 16.0. The van der Waals surface area contributed by atoms with E-state index in [0.29, 0.717) is 12.8 Å². The average Bonchev–Trinajstić information content (AvgIpc) is 2.49. The highest BCUT2D eigenvalue weighted by Crippen LogP contribution is 2.45. The van der Waals surface area contributed by atoms with Crippen LogP contribution in [0.3, 0.4) is 0 Å². The molecule has 3 nitrogen and oxygen atoms in total. The van der Waals surface area contributed by atoms with E-state index in [1.165, 1.54) is 0 Å². The minimum atomic E-state index is -2.51. The van der Waals surface area contributed by atoms with Crippen LogP contribution >= 0.6 is 0 Å². The molecule has 2 rings (SSSR count). The quantitative estimate of drug-likeness (QED) is 0.897. The van der Waals surface area contributed by atoms with Gasteiger partial charge in [0, 0.05) is 18.9 Å². The Morgan fingerprint density at radius 2 is 1.67 bits per heavy atom. The van der Waals surface area contributed by atoms with Crippen LogP contribution in [0, 0.1) is 5.92 Å². The molecule has 1 N–H and O–H groups in total.